The fourth-order valence-corrected chi connectivity index (χ4v) is 2.68. The summed E-state index contributed by atoms with van der Waals surface area (Å²) in [4.78, 5) is 4.52. The van der Waals surface area contributed by atoms with Crippen molar-refractivity contribution in [1.82, 2.24) is 14.8 Å². The van der Waals surface area contributed by atoms with Crippen molar-refractivity contribution in [3.05, 3.63) is 18.5 Å². The van der Waals surface area contributed by atoms with Gasteiger partial charge in [0.25, 0.3) is 0 Å². The number of fused-ring (bicyclic) bond motifs is 1. The standard InChI is InChI=1S/C15H22N4O/c1-10(2)19-15-12(7-18-19)6-13(8-17-15)16-9-14-5-4-11(3)20-14/h6-8,10-11,14,16H,4-5,9H2,1-3H3. The summed E-state index contributed by atoms with van der Waals surface area (Å²) < 4.78 is 7.75. The zero-order valence-electron chi connectivity index (χ0n) is 12.3. The minimum absolute atomic E-state index is 0.319. The van der Waals surface area contributed by atoms with Gasteiger partial charge in [-0.1, -0.05) is 0 Å². The van der Waals surface area contributed by atoms with Gasteiger partial charge < -0.3 is 10.1 Å². The lowest BCUT2D eigenvalue weighted by Gasteiger charge is -2.13. The Morgan fingerprint density at radius 2 is 2.25 bits per heavy atom. The maximum atomic E-state index is 5.81. The molecule has 0 spiro atoms. The van der Waals surface area contributed by atoms with Gasteiger partial charge in [-0.15, -0.1) is 0 Å². The van der Waals surface area contributed by atoms with Crippen LogP contribution < -0.4 is 5.32 Å². The summed E-state index contributed by atoms with van der Waals surface area (Å²) in [7, 11) is 0. The van der Waals surface area contributed by atoms with Crippen LogP contribution in [0.1, 0.15) is 39.7 Å². The predicted octanol–water partition coefficient (Wildman–Crippen LogP) is 2.99. The van der Waals surface area contributed by atoms with Crippen LogP contribution in [0.5, 0.6) is 0 Å². The van der Waals surface area contributed by atoms with Crippen LogP contribution in [0.25, 0.3) is 11.0 Å². The van der Waals surface area contributed by atoms with Gasteiger partial charge in [0.1, 0.15) is 0 Å². The molecule has 1 aliphatic heterocycles. The normalized spacial score (nSPS) is 22.8. The smallest absolute Gasteiger partial charge is 0.158 e. The molecule has 0 saturated carbocycles. The molecule has 0 amide bonds. The third-order valence-electron chi connectivity index (χ3n) is 3.78. The van der Waals surface area contributed by atoms with E-state index in [2.05, 4.69) is 42.2 Å². The zero-order chi connectivity index (χ0) is 14.1. The van der Waals surface area contributed by atoms with Crippen molar-refractivity contribution >= 4 is 16.7 Å². The highest BCUT2D eigenvalue weighted by Crippen LogP contribution is 2.21. The molecule has 2 aromatic heterocycles. The molecule has 0 aromatic carbocycles. The van der Waals surface area contributed by atoms with E-state index in [1.54, 1.807) is 0 Å². The molecule has 2 unspecified atom stereocenters. The third-order valence-corrected chi connectivity index (χ3v) is 3.78. The van der Waals surface area contributed by atoms with Crippen LogP contribution >= 0.6 is 0 Å². The molecule has 0 aliphatic carbocycles. The number of nitrogens with one attached hydrogen (secondary N) is 1. The summed E-state index contributed by atoms with van der Waals surface area (Å²) in [5, 5.41) is 8.87. The summed E-state index contributed by atoms with van der Waals surface area (Å²) >= 11 is 0. The molecule has 1 fully saturated rings. The molecule has 1 saturated heterocycles. The molecule has 20 heavy (non-hydrogen) atoms. The summed E-state index contributed by atoms with van der Waals surface area (Å²) in [5.74, 6) is 0. The highest BCUT2D eigenvalue weighted by molar-refractivity contribution is 5.78. The average Bonchev–Trinajstić information content (AvgIpc) is 3.01. The Kier molecular flexibility index (Phi) is 3.61. The second-order valence-corrected chi connectivity index (χ2v) is 5.85. The molecular formula is C15H22N4O. The van der Waals surface area contributed by atoms with Crippen LogP contribution in [-0.2, 0) is 4.74 Å². The monoisotopic (exact) mass is 274 g/mol. The number of rotatable bonds is 4. The van der Waals surface area contributed by atoms with Crippen molar-refractivity contribution in [3.8, 4) is 0 Å². The second-order valence-electron chi connectivity index (χ2n) is 5.85. The van der Waals surface area contributed by atoms with Gasteiger partial charge in [0.15, 0.2) is 5.65 Å². The topological polar surface area (TPSA) is 52.0 Å². The van der Waals surface area contributed by atoms with Crippen LogP contribution in [0.2, 0.25) is 0 Å². The van der Waals surface area contributed by atoms with Crippen LogP contribution in [0.15, 0.2) is 18.5 Å². The number of ether oxygens (including phenoxy) is 1. The van der Waals surface area contributed by atoms with E-state index in [9.17, 15) is 0 Å². The Morgan fingerprint density at radius 3 is 2.95 bits per heavy atom. The fourth-order valence-electron chi connectivity index (χ4n) is 2.68. The van der Waals surface area contributed by atoms with Gasteiger partial charge in [-0.2, -0.15) is 5.10 Å². The first kappa shape index (κ1) is 13.4. The van der Waals surface area contributed by atoms with E-state index in [-0.39, 0.29) is 0 Å². The molecule has 2 aromatic rings. The first-order chi connectivity index (χ1) is 9.63. The lowest BCUT2D eigenvalue weighted by Crippen LogP contribution is -2.19. The predicted molar refractivity (Wildman–Crippen MR) is 80.0 cm³/mol. The van der Waals surface area contributed by atoms with Gasteiger partial charge >= 0.3 is 0 Å². The molecule has 3 rings (SSSR count). The molecule has 2 atom stereocenters. The van der Waals surface area contributed by atoms with Crippen molar-refractivity contribution in [2.24, 2.45) is 0 Å². The highest BCUT2D eigenvalue weighted by atomic mass is 16.5. The largest absolute Gasteiger partial charge is 0.381 e. The molecule has 1 aliphatic rings. The molecule has 5 nitrogen and oxygen atoms in total. The molecule has 5 heteroatoms. The lowest BCUT2D eigenvalue weighted by atomic mass is 10.2. The van der Waals surface area contributed by atoms with Gasteiger partial charge in [-0.3, -0.25) is 0 Å². The highest BCUT2D eigenvalue weighted by Gasteiger charge is 2.21. The van der Waals surface area contributed by atoms with E-state index in [0.717, 1.165) is 36.1 Å². The van der Waals surface area contributed by atoms with E-state index < -0.39 is 0 Å². The van der Waals surface area contributed by atoms with Gasteiger partial charge in [0, 0.05) is 18.0 Å². The van der Waals surface area contributed by atoms with Crippen LogP contribution in [0, 0.1) is 0 Å². The minimum atomic E-state index is 0.319. The maximum absolute atomic E-state index is 5.81. The van der Waals surface area contributed by atoms with Gasteiger partial charge in [-0.25, -0.2) is 9.67 Å². The van der Waals surface area contributed by atoms with E-state index in [0.29, 0.717) is 18.2 Å². The van der Waals surface area contributed by atoms with Crippen LogP contribution in [0.3, 0.4) is 0 Å². The Bertz CT molecular complexity index is 593. The number of hydrogen-bond donors (Lipinski definition) is 1. The molecular weight excluding hydrogens is 252 g/mol. The number of hydrogen-bond acceptors (Lipinski definition) is 4. The van der Waals surface area contributed by atoms with Crippen molar-refractivity contribution in [1.29, 1.82) is 0 Å². The Hall–Kier alpha value is -1.62. The number of pyridine rings is 1. The van der Waals surface area contributed by atoms with Crippen LogP contribution in [-0.4, -0.2) is 33.5 Å². The summed E-state index contributed by atoms with van der Waals surface area (Å²) in [5.41, 5.74) is 1.97. The first-order valence-electron chi connectivity index (χ1n) is 7.36. The molecule has 1 N–H and O–H groups in total. The van der Waals surface area contributed by atoms with E-state index in [4.69, 9.17) is 4.74 Å². The Balaban J connectivity index is 1.70. The van der Waals surface area contributed by atoms with Gasteiger partial charge in [0.05, 0.1) is 30.3 Å². The van der Waals surface area contributed by atoms with Crippen molar-refractivity contribution in [2.45, 2.75) is 51.9 Å². The molecule has 3 heterocycles. The third kappa shape index (κ3) is 2.63. The molecule has 0 radical (unpaired) electrons. The quantitative estimate of drug-likeness (QED) is 0.931. The first-order valence-corrected chi connectivity index (χ1v) is 7.36. The summed E-state index contributed by atoms with van der Waals surface area (Å²) in [6, 6.07) is 2.43. The maximum Gasteiger partial charge on any atom is 0.158 e. The summed E-state index contributed by atoms with van der Waals surface area (Å²) in [6.45, 7) is 7.20. The lowest BCUT2D eigenvalue weighted by molar-refractivity contribution is 0.0637. The number of nitrogens with zero attached hydrogens (tertiary/aromatic N) is 3. The SMILES string of the molecule is CC1CCC(CNc2cnc3c(cnn3C(C)C)c2)O1. The van der Waals surface area contributed by atoms with Crippen LogP contribution in [0.4, 0.5) is 5.69 Å². The van der Waals surface area contributed by atoms with Crippen molar-refractivity contribution in [3.63, 3.8) is 0 Å². The van der Waals surface area contributed by atoms with Crippen molar-refractivity contribution < 1.29 is 4.74 Å². The Labute approximate surface area is 119 Å². The number of aromatic nitrogens is 3. The fraction of sp³-hybridized carbons (Fsp3) is 0.600. The second kappa shape index (κ2) is 5.40. The minimum Gasteiger partial charge on any atom is -0.381 e. The van der Waals surface area contributed by atoms with E-state index >= 15 is 0 Å². The van der Waals surface area contributed by atoms with Gasteiger partial charge in [0.2, 0.25) is 0 Å². The van der Waals surface area contributed by atoms with Gasteiger partial charge in [-0.05, 0) is 39.7 Å². The molecule has 108 valence electrons. The zero-order valence-corrected chi connectivity index (χ0v) is 12.3. The molecule has 0 bridgehead atoms. The number of anilines is 1. The van der Waals surface area contributed by atoms with Crippen molar-refractivity contribution in [2.75, 3.05) is 11.9 Å². The van der Waals surface area contributed by atoms with E-state index in [1.165, 1.54) is 0 Å². The Morgan fingerprint density at radius 1 is 1.40 bits per heavy atom. The van der Waals surface area contributed by atoms with E-state index in [1.807, 2.05) is 17.1 Å². The summed E-state index contributed by atoms with van der Waals surface area (Å²) in [6.07, 6.45) is 6.76. The average molecular weight is 274 g/mol.